The first-order chi connectivity index (χ1) is 23.7. The molecule has 1 saturated heterocycles. The highest BCUT2D eigenvalue weighted by Gasteiger charge is 2.16. The fourth-order valence-corrected chi connectivity index (χ4v) is 6.55. The molecule has 0 amide bonds. The minimum atomic E-state index is -0.783. The molecule has 10 nitrogen and oxygen atoms in total. The van der Waals surface area contributed by atoms with E-state index in [9.17, 15) is 5.11 Å². The van der Waals surface area contributed by atoms with Crippen LogP contribution in [0.1, 0.15) is 48.9 Å². The minimum Gasteiger partial charge on any atom is -0.389 e. The van der Waals surface area contributed by atoms with Crippen LogP contribution in [-0.2, 0) is 13.1 Å². The van der Waals surface area contributed by atoms with Gasteiger partial charge >= 0.3 is 0 Å². The van der Waals surface area contributed by atoms with E-state index in [1.807, 2.05) is 30.7 Å². The van der Waals surface area contributed by atoms with Crippen molar-refractivity contribution < 1.29 is 5.11 Å². The smallest absolute Gasteiger partial charge is 0.160 e. The quantitative estimate of drug-likeness (QED) is 0.114. The van der Waals surface area contributed by atoms with Crippen LogP contribution < -0.4 is 16.0 Å². The Balaban J connectivity index is 1.12. The number of rotatable bonds is 11. The molecule has 5 heterocycles. The number of pyridine rings is 3. The summed E-state index contributed by atoms with van der Waals surface area (Å²) in [4.78, 5) is 25.8. The molecule has 4 N–H and O–H groups in total. The first-order valence-corrected chi connectivity index (χ1v) is 16.9. The van der Waals surface area contributed by atoms with Crippen LogP contribution in [0.2, 0.25) is 0 Å². The van der Waals surface area contributed by atoms with Crippen molar-refractivity contribution in [3.8, 4) is 11.1 Å². The van der Waals surface area contributed by atoms with Gasteiger partial charge in [-0.3, -0.25) is 14.9 Å². The van der Waals surface area contributed by atoms with Crippen LogP contribution in [-0.4, -0.2) is 60.2 Å². The van der Waals surface area contributed by atoms with E-state index in [4.69, 9.17) is 9.97 Å². The van der Waals surface area contributed by atoms with Crippen molar-refractivity contribution in [2.45, 2.75) is 59.2 Å². The monoisotopic (exact) mass is 653 g/mol. The third-order valence-electron chi connectivity index (χ3n) is 9.14. The molecular weight excluding hydrogens is 610 g/mol. The van der Waals surface area contributed by atoms with Crippen molar-refractivity contribution >= 4 is 44.9 Å². The van der Waals surface area contributed by atoms with E-state index in [-0.39, 0.29) is 0 Å². The Kier molecular flexibility index (Phi) is 9.18. The number of likely N-dealkylation sites (tertiary alicyclic amines) is 1. The van der Waals surface area contributed by atoms with Crippen molar-refractivity contribution in [2.75, 3.05) is 30.3 Å². The molecule has 4 aromatic heterocycles. The van der Waals surface area contributed by atoms with E-state index >= 15 is 0 Å². The second-order valence-electron chi connectivity index (χ2n) is 13.6. The Morgan fingerprint density at radius 2 is 1.41 bits per heavy atom. The van der Waals surface area contributed by atoms with Crippen molar-refractivity contribution in [3.05, 3.63) is 102 Å². The summed E-state index contributed by atoms with van der Waals surface area (Å²) in [6.45, 7) is 12.1. The van der Waals surface area contributed by atoms with Gasteiger partial charge in [-0.05, 0) is 117 Å². The van der Waals surface area contributed by atoms with E-state index in [1.54, 1.807) is 20.2 Å². The molecule has 0 aliphatic carbocycles. The molecule has 6 aromatic rings. The number of nitrogens with one attached hydrogen (secondary N) is 3. The number of benzene rings is 2. The van der Waals surface area contributed by atoms with E-state index in [2.05, 4.69) is 92.1 Å². The molecule has 0 radical (unpaired) electrons. The van der Waals surface area contributed by atoms with Gasteiger partial charge in [-0.25, -0.2) is 15.0 Å². The zero-order valence-corrected chi connectivity index (χ0v) is 28.6. The Morgan fingerprint density at radius 1 is 0.755 bits per heavy atom. The van der Waals surface area contributed by atoms with Gasteiger partial charge in [0, 0.05) is 55.0 Å². The number of hydrogen-bond acceptors (Lipinski definition) is 10. The van der Waals surface area contributed by atoms with Crippen molar-refractivity contribution in [1.29, 1.82) is 0 Å². The fraction of sp³-hybridized carbons (Fsp3) is 0.308. The summed E-state index contributed by atoms with van der Waals surface area (Å²) < 4.78 is 0. The van der Waals surface area contributed by atoms with Gasteiger partial charge < -0.3 is 21.1 Å². The maximum absolute atomic E-state index is 10.0. The first-order valence-electron chi connectivity index (χ1n) is 16.9. The molecule has 1 aliphatic rings. The van der Waals surface area contributed by atoms with Crippen LogP contribution in [0.3, 0.4) is 0 Å². The minimum absolute atomic E-state index is 0.479. The summed E-state index contributed by atoms with van der Waals surface area (Å²) in [5.74, 6) is 1.39. The molecule has 0 bridgehead atoms. The first kappa shape index (κ1) is 32.5. The lowest BCUT2D eigenvalue weighted by atomic mass is 9.94. The third kappa shape index (κ3) is 7.36. The van der Waals surface area contributed by atoms with Crippen LogP contribution in [0.15, 0.2) is 79.5 Å². The summed E-state index contributed by atoms with van der Waals surface area (Å²) in [7, 11) is 0. The summed E-state index contributed by atoms with van der Waals surface area (Å²) in [6.07, 6.45) is 9.79. The van der Waals surface area contributed by atoms with Crippen LogP contribution in [0, 0.1) is 13.8 Å². The van der Waals surface area contributed by atoms with Crippen LogP contribution in [0.5, 0.6) is 0 Å². The SMILES string of the molecule is Cc1c(Nc2nccc3cc(CN4CCCC4)cnc23)cccc1-c1cccc(Nc2ncnc3cc(CNCC(C)(C)O)cnc23)c1C. The lowest BCUT2D eigenvalue weighted by molar-refractivity contribution is 0.0795. The largest absolute Gasteiger partial charge is 0.389 e. The van der Waals surface area contributed by atoms with Crippen LogP contribution in [0.4, 0.5) is 23.0 Å². The molecule has 10 heteroatoms. The number of anilines is 4. The zero-order chi connectivity index (χ0) is 34.0. The van der Waals surface area contributed by atoms with Gasteiger partial charge in [-0.15, -0.1) is 0 Å². The van der Waals surface area contributed by atoms with Gasteiger partial charge in [0.15, 0.2) is 11.6 Å². The fourth-order valence-electron chi connectivity index (χ4n) is 6.55. The third-order valence-corrected chi connectivity index (χ3v) is 9.14. The van der Waals surface area contributed by atoms with E-state index in [0.29, 0.717) is 24.4 Å². The molecule has 0 unspecified atom stereocenters. The molecule has 49 heavy (non-hydrogen) atoms. The Labute approximate surface area is 287 Å². The average molecular weight is 654 g/mol. The second-order valence-corrected chi connectivity index (χ2v) is 13.6. The Hall–Kier alpha value is -5.03. The molecule has 2 aromatic carbocycles. The molecular formula is C39H43N9O. The molecule has 1 fully saturated rings. The topological polar surface area (TPSA) is 124 Å². The molecule has 250 valence electrons. The lowest BCUT2D eigenvalue weighted by Gasteiger charge is -2.18. The molecule has 7 rings (SSSR count). The van der Waals surface area contributed by atoms with E-state index in [1.165, 1.54) is 18.4 Å². The van der Waals surface area contributed by atoms with E-state index in [0.717, 1.165) is 81.1 Å². The van der Waals surface area contributed by atoms with E-state index < -0.39 is 5.60 Å². The van der Waals surface area contributed by atoms with Crippen LogP contribution >= 0.6 is 0 Å². The average Bonchev–Trinajstić information content (AvgIpc) is 3.59. The summed E-state index contributed by atoms with van der Waals surface area (Å²) in [5, 5.41) is 21.5. The number of fused-ring (bicyclic) bond motifs is 2. The normalized spacial score (nSPS) is 13.7. The Bertz CT molecular complexity index is 2120. The van der Waals surface area contributed by atoms with Gasteiger partial charge in [0.1, 0.15) is 17.4 Å². The Morgan fingerprint density at radius 3 is 2.10 bits per heavy atom. The summed E-state index contributed by atoms with van der Waals surface area (Å²) >= 11 is 0. The predicted molar refractivity (Wildman–Crippen MR) is 197 cm³/mol. The lowest BCUT2D eigenvalue weighted by Crippen LogP contribution is -2.34. The maximum Gasteiger partial charge on any atom is 0.160 e. The van der Waals surface area contributed by atoms with Crippen LogP contribution in [0.25, 0.3) is 33.1 Å². The highest BCUT2D eigenvalue weighted by atomic mass is 16.3. The maximum atomic E-state index is 10.0. The number of aromatic nitrogens is 5. The highest BCUT2D eigenvalue weighted by Crippen LogP contribution is 2.36. The van der Waals surface area contributed by atoms with Crippen molar-refractivity contribution in [3.63, 3.8) is 0 Å². The highest BCUT2D eigenvalue weighted by molar-refractivity contribution is 5.92. The molecule has 0 saturated carbocycles. The van der Waals surface area contributed by atoms with Gasteiger partial charge in [0.25, 0.3) is 0 Å². The summed E-state index contributed by atoms with van der Waals surface area (Å²) in [5.41, 5.74) is 10.1. The number of hydrogen-bond donors (Lipinski definition) is 4. The second kappa shape index (κ2) is 13.8. The standard InChI is InChI=1S/C39H43N9O/c1-25-30(9-7-11-32(25)46-37-35-29(13-14-41-37)17-28(21-42-35)22-48-15-5-6-16-48)31-10-8-12-33(26(31)2)47-38-36-34(44-24-45-38)18-27(20-43-36)19-40-23-39(3,4)49/h7-14,17-18,20-21,24,40,49H,5-6,15-16,19,22-23H2,1-4H3,(H,41,46)(H,44,45,47). The molecule has 1 aliphatic heterocycles. The van der Waals surface area contributed by atoms with Gasteiger partial charge in [-0.2, -0.15) is 0 Å². The predicted octanol–water partition coefficient (Wildman–Crippen LogP) is 7.20. The van der Waals surface area contributed by atoms with Gasteiger partial charge in [0.05, 0.1) is 11.1 Å². The zero-order valence-electron chi connectivity index (χ0n) is 28.6. The number of nitrogens with zero attached hydrogens (tertiary/aromatic N) is 6. The van der Waals surface area contributed by atoms with Gasteiger partial charge in [0.2, 0.25) is 0 Å². The van der Waals surface area contributed by atoms with Crippen molar-refractivity contribution in [1.82, 2.24) is 35.1 Å². The van der Waals surface area contributed by atoms with Crippen molar-refractivity contribution in [2.24, 2.45) is 0 Å². The molecule has 0 atom stereocenters. The molecule has 0 spiro atoms. The van der Waals surface area contributed by atoms with Gasteiger partial charge in [-0.1, -0.05) is 24.3 Å². The summed E-state index contributed by atoms with van der Waals surface area (Å²) in [6, 6.07) is 18.9. The number of aliphatic hydroxyl groups is 1.